The van der Waals surface area contributed by atoms with Crippen molar-refractivity contribution in [2.75, 3.05) is 6.61 Å². The molecule has 0 heterocycles. The van der Waals surface area contributed by atoms with Crippen LogP contribution in [0.4, 0.5) is 4.79 Å². The van der Waals surface area contributed by atoms with Crippen molar-refractivity contribution in [1.29, 1.82) is 0 Å². The molecule has 0 aliphatic heterocycles. The van der Waals surface area contributed by atoms with Crippen LogP contribution in [0.25, 0.3) is 11.1 Å². The fourth-order valence-electron chi connectivity index (χ4n) is 5.77. The minimum absolute atomic E-state index is 0.00912. The normalized spacial score (nSPS) is 22.9. The van der Waals surface area contributed by atoms with Crippen molar-refractivity contribution in [3.8, 4) is 11.1 Å². The monoisotopic (exact) mass is 476 g/mol. The summed E-state index contributed by atoms with van der Waals surface area (Å²) in [6, 6.07) is 15.9. The second kappa shape index (κ2) is 9.36. The lowest BCUT2D eigenvalue weighted by Crippen LogP contribution is -2.61. The van der Waals surface area contributed by atoms with Gasteiger partial charge in [-0.3, -0.25) is 9.59 Å². The Hall–Kier alpha value is -3.35. The SMILES string of the molecule is CC(NC(=O)OCC1c2ccccc2-c2ccccc21)(C(=O)N[C@@H]1CCCC[C@@H]1C(=O)O)C1CC1. The van der Waals surface area contributed by atoms with Crippen LogP contribution in [-0.4, -0.2) is 41.3 Å². The standard InChI is InChI=1S/C28H32N2O5/c1-28(17-14-15-17,26(33)29-24-13-7-6-12-22(24)25(31)32)30-27(34)35-16-23-20-10-4-2-8-18(20)19-9-3-5-11-21(19)23/h2-5,8-11,17,22-24H,6-7,12-16H2,1H3,(H,29,33)(H,30,34)(H,31,32)/t22-,24+,28?/m0/s1. The summed E-state index contributed by atoms with van der Waals surface area (Å²) in [6.45, 7) is 1.89. The maximum Gasteiger partial charge on any atom is 0.408 e. The van der Waals surface area contributed by atoms with Gasteiger partial charge in [0, 0.05) is 12.0 Å². The fraction of sp³-hybridized carbons (Fsp3) is 0.464. The molecule has 184 valence electrons. The molecule has 35 heavy (non-hydrogen) atoms. The zero-order valence-corrected chi connectivity index (χ0v) is 20.0. The lowest BCUT2D eigenvalue weighted by molar-refractivity contribution is -0.144. The number of nitrogens with one attached hydrogen (secondary N) is 2. The van der Waals surface area contributed by atoms with Crippen LogP contribution < -0.4 is 10.6 Å². The highest BCUT2D eigenvalue weighted by molar-refractivity contribution is 5.91. The van der Waals surface area contributed by atoms with Gasteiger partial charge in [0.2, 0.25) is 5.91 Å². The van der Waals surface area contributed by atoms with Gasteiger partial charge in [0.05, 0.1) is 5.92 Å². The van der Waals surface area contributed by atoms with Crippen LogP contribution in [0.15, 0.2) is 48.5 Å². The number of carboxylic acids is 1. The van der Waals surface area contributed by atoms with Gasteiger partial charge in [-0.25, -0.2) is 4.79 Å². The molecule has 2 aromatic carbocycles. The van der Waals surface area contributed by atoms with E-state index in [-0.39, 0.29) is 24.3 Å². The van der Waals surface area contributed by atoms with Gasteiger partial charge >= 0.3 is 12.1 Å². The summed E-state index contributed by atoms with van der Waals surface area (Å²) in [6.07, 6.45) is 3.96. The third-order valence-electron chi connectivity index (χ3n) is 7.97. The Labute approximate surface area is 205 Å². The highest BCUT2D eigenvalue weighted by atomic mass is 16.5. The molecule has 0 spiro atoms. The molecule has 2 aromatic rings. The number of ether oxygens (including phenoxy) is 1. The molecule has 3 atom stereocenters. The third kappa shape index (κ3) is 4.51. The van der Waals surface area contributed by atoms with Crippen molar-refractivity contribution >= 4 is 18.0 Å². The molecule has 3 aliphatic rings. The first-order valence-electron chi connectivity index (χ1n) is 12.6. The van der Waals surface area contributed by atoms with E-state index in [1.165, 1.54) is 0 Å². The summed E-state index contributed by atoms with van der Waals surface area (Å²) in [7, 11) is 0. The molecule has 5 rings (SSSR count). The van der Waals surface area contributed by atoms with Gasteiger partial charge in [-0.1, -0.05) is 61.4 Å². The first-order chi connectivity index (χ1) is 16.9. The van der Waals surface area contributed by atoms with E-state index in [9.17, 15) is 19.5 Å². The number of fused-ring (bicyclic) bond motifs is 3. The Morgan fingerprint density at radius 3 is 2.14 bits per heavy atom. The molecule has 7 nitrogen and oxygen atoms in total. The molecule has 2 saturated carbocycles. The van der Waals surface area contributed by atoms with Gasteiger partial charge in [-0.2, -0.15) is 0 Å². The van der Waals surface area contributed by atoms with Crippen LogP contribution in [0.1, 0.15) is 62.5 Å². The topological polar surface area (TPSA) is 105 Å². The molecule has 0 radical (unpaired) electrons. The van der Waals surface area contributed by atoms with Crippen LogP contribution in [0.5, 0.6) is 0 Å². The van der Waals surface area contributed by atoms with Crippen molar-refractivity contribution < 1.29 is 24.2 Å². The maximum absolute atomic E-state index is 13.3. The van der Waals surface area contributed by atoms with Crippen LogP contribution in [0.2, 0.25) is 0 Å². The Morgan fingerprint density at radius 1 is 0.943 bits per heavy atom. The Balaban J connectivity index is 1.26. The number of hydrogen-bond acceptors (Lipinski definition) is 4. The average Bonchev–Trinajstić information content (AvgIpc) is 3.67. The highest BCUT2D eigenvalue weighted by Crippen LogP contribution is 2.45. The van der Waals surface area contributed by atoms with Crippen molar-refractivity contribution in [3.05, 3.63) is 59.7 Å². The highest BCUT2D eigenvalue weighted by Gasteiger charge is 2.50. The number of alkyl carbamates (subject to hydrolysis) is 1. The van der Waals surface area contributed by atoms with E-state index >= 15 is 0 Å². The molecular formula is C28H32N2O5. The largest absolute Gasteiger partial charge is 0.481 e. The van der Waals surface area contributed by atoms with E-state index in [1.807, 2.05) is 24.3 Å². The summed E-state index contributed by atoms with van der Waals surface area (Å²) in [5, 5.41) is 15.4. The quantitative estimate of drug-likeness (QED) is 0.548. The van der Waals surface area contributed by atoms with E-state index in [2.05, 4.69) is 34.9 Å². The molecule has 7 heteroatoms. The number of hydrogen-bond donors (Lipinski definition) is 3. The minimum Gasteiger partial charge on any atom is -0.481 e. The van der Waals surface area contributed by atoms with Gasteiger partial charge in [-0.05, 0) is 60.8 Å². The van der Waals surface area contributed by atoms with E-state index < -0.39 is 29.6 Å². The number of carbonyl (C=O) groups excluding carboxylic acids is 2. The van der Waals surface area contributed by atoms with Crippen molar-refractivity contribution in [2.24, 2.45) is 11.8 Å². The number of aliphatic carboxylic acids is 1. The second-order valence-electron chi connectivity index (χ2n) is 10.2. The molecule has 2 fully saturated rings. The summed E-state index contributed by atoms with van der Waals surface area (Å²) in [5.74, 6) is -1.85. The Kier molecular flexibility index (Phi) is 6.26. The van der Waals surface area contributed by atoms with Crippen molar-refractivity contribution in [1.82, 2.24) is 10.6 Å². The first-order valence-corrected chi connectivity index (χ1v) is 12.6. The predicted molar refractivity (Wildman–Crippen MR) is 131 cm³/mol. The smallest absolute Gasteiger partial charge is 0.408 e. The van der Waals surface area contributed by atoms with Crippen molar-refractivity contribution in [3.63, 3.8) is 0 Å². The van der Waals surface area contributed by atoms with Crippen LogP contribution in [-0.2, 0) is 14.3 Å². The summed E-state index contributed by atoms with van der Waals surface area (Å²) in [5.41, 5.74) is 3.42. The Bertz CT molecular complexity index is 1100. The van der Waals surface area contributed by atoms with E-state index in [0.29, 0.717) is 12.8 Å². The summed E-state index contributed by atoms with van der Waals surface area (Å²) >= 11 is 0. The summed E-state index contributed by atoms with van der Waals surface area (Å²) < 4.78 is 5.69. The van der Waals surface area contributed by atoms with Gasteiger partial charge < -0.3 is 20.5 Å². The first kappa shape index (κ1) is 23.4. The molecule has 0 bridgehead atoms. The third-order valence-corrected chi connectivity index (χ3v) is 7.97. The zero-order valence-electron chi connectivity index (χ0n) is 20.0. The van der Waals surface area contributed by atoms with Crippen LogP contribution in [0.3, 0.4) is 0 Å². The summed E-state index contributed by atoms with van der Waals surface area (Å²) in [4.78, 5) is 37.9. The number of carboxylic acid groups (broad SMARTS) is 1. The second-order valence-corrected chi connectivity index (χ2v) is 10.2. The molecule has 0 saturated heterocycles. The Morgan fingerprint density at radius 2 is 1.54 bits per heavy atom. The van der Waals surface area contributed by atoms with Gasteiger partial charge in [-0.15, -0.1) is 0 Å². The van der Waals surface area contributed by atoms with E-state index in [1.54, 1.807) is 6.92 Å². The molecule has 3 N–H and O–H groups in total. The number of benzene rings is 2. The predicted octanol–water partition coefficient (Wildman–Crippen LogP) is 4.45. The number of carbonyl (C=O) groups is 3. The zero-order chi connectivity index (χ0) is 24.6. The molecule has 2 amide bonds. The number of amides is 2. The van der Waals surface area contributed by atoms with E-state index in [4.69, 9.17) is 4.74 Å². The molecule has 3 aliphatic carbocycles. The van der Waals surface area contributed by atoms with Gasteiger partial charge in [0.1, 0.15) is 12.1 Å². The van der Waals surface area contributed by atoms with Crippen LogP contribution >= 0.6 is 0 Å². The lowest BCUT2D eigenvalue weighted by atomic mass is 9.83. The van der Waals surface area contributed by atoms with Gasteiger partial charge in [0.25, 0.3) is 0 Å². The lowest BCUT2D eigenvalue weighted by Gasteiger charge is -2.35. The molecule has 1 unspecified atom stereocenters. The van der Waals surface area contributed by atoms with E-state index in [0.717, 1.165) is 47.9 Å². The minimum atomic E-state index is -1.14. The van der Waals surface area contributed by atoms with Gasteiger partial charge in [0.15, 0.2) is 0 Å². The van der Waals surface area contributed by atoms with Crippen LogP contribution in [0, 0.1) is 11.8 Å². The molecular weight excluding hydrogens is 444 g/mol. The maximum atomic E-state index is 13.3. The van der Waals surface area contributed by atoms with Crippen molar-refractivity contribution in [2.45, 2.75) is 62.9 Å². The number of rotatable bonds is 7. The average molecular weight is 477 g/mol. The fourth-order valence-corrected chi connectivity index (χ4v) is 5.77. The molecule has 0 aromatic heterocycles.